The molecule has 0 unspecified atom stereocenters. The molecule has 0 saturated carbocycles. The minimum absolute atomic E-state index is 0.132. The van der Waals surface area contributed by atoms with Gasteiger partial charge >= 0.3 is 0 Å². The maximum Gasteiger partial charge on any atom is 0.260 e. The summed E-state index contributed by atoms with van der Waals surface area (Å²) in [4.78, 5) is 13.9. The van der Waals surface area contributed by atoms with Crippen molar-refractivity contribution in [2.24, 2.45) is 0 Å². The van der Waals surface area contributed by atoms with Gasteiger partial charge in [0.25, 0.3) is 5.91 Å². The monoisotopic (exact) mass is 314 g/mol. The molecule has 0 aliphatic rings. The van der Waals surface area contributed by atoms with Crippen molar-refractivity contribution in [3.8, 4) is 17.6 Å². The molecule has 0 radical (unpaired) electrons. The summed E-state index contributed by atoms with van der Waals surface area (Å²) in [6.45, 7) is 0.501. The molecule has 0 N–H and O–H groups in total. The van der Waals surface area contributed by atoms with Crippen LogP contribution in [-0.4, -0.2) is 31.1 Å². The summed E-state index contributed by atoms with van der Waals surface area (Å²) < 4.78 is 16.0. The predicted octanol–water partition coefficient (Wildman–Crippen LogP) is 2.61. The van der Waals surface area contributed by atoms with Gasteiger partial charge in [-0.3, -0.25) is 4.79 Å². The van der Waals surface area contributed by atoms with Gasteiger partial charge in [0.05, 0.1) is 32.4 Å². The number of rotatable bonds is 8. The molecule has 2 aromatic rings. The van der Waals surface area contributed by atoms with E-state index in [-0.39, 0.29) is 18.9 Å². The number of benzene rings is 1. The number of hydrogen-bond acceptors (Lipinski definition) is 5. The van der Waals surface area contributed by atoms with E-state index in [2.05, 4.69) is 0 Å². The van der Waals surface area contributed by atoms with Crippen LogP contribution in [-0.2, 0) is 11.3 Å². The Labute approximate surface area is 134 Å². The molecule has 2 rings (SSSR count). The molecule has 1 amide bonds. The number of nitriles is 1. The Morgan fingerprint density at radius 1 is 1.26 bits per heavy atom. The molecule has 23 heavy (non-hydrogen) atoms. The van der Waals surface area contributed by atoms with Crippen LogP contribution in [0.2, 0.25) is 0 Å². The van der Waals surface area contributed by atoms with Gasteiger partial charge in [0, 0.05) is 6.54 Å². The van der Waals surface area contributed by atoms with Crippen molar-refractivity contribution in [2.75, 3.05) is 20.3 Å². The van der Waals surface area contributed by atoms with E-state index in [1.807, 2.05) is 12.1 Å². The van der Waals surface area contributed by atoms with E-state index in [1.54, 1.807) is 43.7 Å². The number of carbonyl (C=O) groups is 1. The van der Waals surface area contributed by atoms with Crippen molar-refractivity contribution in [1.29, 1.82) is 5.26 Å². The van der Waals surface area contributed by atoms with Crippen LogP contribution in [0.3, 0.4) is 0 Å². The van der Waals surface area contributed by atoms with E-state index in [1.165, 1.54) is 4.90 Å². The van der Waals surface area contributed by atoms with Crippen molar-refractivity contribution in [1.82, 2.24) is 4.90 Å². The van der Waals surface area contributed by atoms with Crippen LogP contribution in [0.1, 0.15) is 12.2 Å². The number of hydrogen-bond donors (Lipinski definition) is 0. The van der Waals surface area contributed by atoms with Gasteiger partial charge in [0.15, 0.2) is 18.1 Å². The summed E-state index contributed by atoms with van der Waals surface area (Å²) >= 11 is 0. The molecule has 0 atom stereocenters. The molecule has 1 heterocycles. The fourth-order valence-corrected chi connectivity index (χ4v) is 2.04. The number of ether oxygens (including phenoxy) is 2. The van der Waals surface area contributed by atoms with E-state index >= 15 is 0 Å². The standard InChI is InChI=1S/C17H18N2O4/c1-21-15-7-2-3-8-16(15)23-13-17(20)19(10-5-9-18)12-14-6-4-11-22-14/h2-4,6-8,11H,5,10,12-13H2,1H3. The first kappa shape index (κ1) is 16.4. The third-order valence-electron chi connectivity index (χ3n) is 3.19. The predicted molar refractivity (Wildman–Crippen MR) is 82.8 cm³/mol. The van der Waals surface area contributed by atoms with Crippen LogP contribution in [0.25, 0.3) is 0 Å². The van der Waals surface area contributed by atoms with Crippen LogP contribution in [0.15, 0.2) is 47.1 Å². The zero-order valence-corrected chi connectivity index (χ0v) is 12.9. The highest BCUT2D eigenvalue weighted by atomic mass is 16.5. The molecule has 0 aliphatic heterocycles. The lowest BCUT2D eigenvalue weighted by atomic mass is 10.3. The van der Waals surface area contributed by atoms with Crippen LogP contribution >= 0.6 is 0 Å². The first-order valence-electron chi connectivity index (χ1n) is 7.17. The molecule has 1 aromatic heterocycles. The maximum absolute atomic E-state index is 12.4. The second kappa shape index (κ2) is 8.49. The minimum Gasteiger partial charge on any atom is -0.493 e. The molecular formula is C17H18N2O4. The third kappa shape index (κ3) is 4.78. The molecular weight excluding hydrogens is 296 g/mol. The van der Waals surface area contributed by atoms with Crippen molar-refractivity contribution < 1.29 is 18.7 Å². The molecule has 0 bridgehead atoms. The first-order valence-corrected chi connectivity index (χ1v) is 7.17. The van der Waals surface area contributed by atoms with Crippen LogP contribution in [0, 0.1) is 11.3 Å². The number of carbonyl (C=O) groups excluding carboxylic acids is 1. The summed E-state index contributed by atoms with van der Waals surface area (Å²) in [7, 11) is 1.54. The van der Waals surface area contributed by atoms with Crippen molar-refractivity contribution in [2.45, 2.75) is 13.0 Å². The Hall–Kier alpha value is -2.94. The molecule has 6 heteroatoms. The summed E-state index contributed by atoms with van der Waals surface area (Å²) in [5, 5.41) is 8.74. The normalized spacial score (nSPS) is 9.91. The Morgan fingerprint density at radius 3 is 2.70 bits per heavy atom. The van der Waals surface area contributed by atoms with E-state index in [4.69, 9.17) is 19.2 Å². The van der Waals surface area contributed by atoms with Crippen molar-refractivity contribution in [3.05, 3.63) is 48.4 Å². The number of para-hydroxylation sites is 2. The lowest BCUT2D eigenvalue weighted by Crippen LogP contribution is -2.35. The van der Waals surface area contributed by atoms with Gasteiger partial charge in [-0.05, 0) is 24.3 Å². The van der Waals surface area contributed by atoms with Crippen LogP contribution in [0.4, 0.5) is 0 Å². The minimum atomic E-state index is -0.220. The molecule has 0 aliphatic carbocycles. The SMILES string of the molecule is COc1ccccc1OCC(=O)N(CCC#N)Cc1ccco1. The molecule has 6 nitrogen and oxygen atoms in total. The second-order valence-corrected chi connectivity index (χ2v) is 4.74. The van der Waals surface area contributed by atoms with Gasteiger partial charge < -0.3 is 18.8 Å². The largest absolute Gasteiger partial charge is 0.493 e. The van der Waals surface area contributed by atoms with E-state index in [9.17, 15) is 4.79 Å². The number of furan rings is 1. The van der Waals surface area contributed by atoms with E-state index < -0.39 is 0 Å². The number of methoxy groups -OCH3 is 1. The van der Waals surface area contributed by atoms with Crippen molar-refractivity contribution in [3.63, 3.8) is 0 Å². The van der Waals surface area contributed by atoms with Gasteiger partial charge in [-0.1, -0.05) is 12.1 Å². The van der Waals surface area contributed by atoms with Gasteiger partial charge in [-0.2, -0.15) is 5.26 Å². The quantitative estimate of drug-likeness (QED) is 0.748. The lowest BCUT2D eigenvalue weighted by Gasteiger charge is -2.21. The smallest absolute Gasteiger partial charge is 0.260 e. The third-order valence-corrected chi connectivity index (χ3v) is 3.19. The van der Waals surface area contributed by atoms with Gasteiger partial charge in [0.1, 0.15) is 5.76 Å². The Bertz CT molecular complexity index is 661. The van der Waals surface area contributed by atoms with Gasteiger partial charge in [-0.25, -0.2) is 0 Å². The fourth-order valence-electron chi connectivity index (χ4n) is 2.04. The topological polar surface area (TPSA) is 75.7 Å². The number of nitrogens with zero attached hydrogens (tertiary/aromatic N) is 2. The molecule has 1 aromatic carbocycles. The summed E-state index contributed by atoms with van der Waals surface area (Å²) in [6.07, 6.45) is 1.80. The fraction of sp³-hybridized carbons (Fsp3) is 0.294. The average Bonchev–Trinajstić information content (AvgIpc) is 3.09. The van der Waals surface area contributed by atoms with Gasteiger partial charge in [-0.15, -0.1) is 0 Å². The average molecular weight is 314 g/mol. The Morgan fingerprint density at radius 2 is 2.04 bits per heavy atom. The highest BCUT2D eigenvalue weighted by Gasteiger charge is 2.16. The molecule has 0 saturated heterocycles. The van der Waals surface area contributed by atoms with Gasteiger partial charge in [0.2, 0.25) is 0 Å². The maximum atomic E-state index is 12.4. The first-order chi connectivity index (χ1) is 11.2. The summed E-state index contributed by atoms with van der Waals surface area (Å²) in [5.74, 6) is 1.51. The highest BCUT2D eigenvalue weighted by Crippen LogP contribution is 2.25. The van der Waals surface area contributed by atoms with Crippen LogP contribution in [0.5, 0.6) is 11.5 Å². The number of amides is 1. The molecule has 0 spiro atoms. The second-order valence-electron chi connectivity index (χ2n) is 4.74. The van der Waals surface area contributed by atoms with E-state index in [0.29, 0.717) is 30.3 Å². The van der Waals surface area contributed by atoms with Crippen molar-refractivity contribution >= 4 is 5.91 Å². The zero-order chi connectivity index (χ0) is 16.5. The Kier molecular flexibility index (Phi) is 6.07. The lowest BCUT2D eigenvalue weighted by molar-refractivity contribution is -0.134. The highest BCUT2D eigenvalue weighted by molar-refractivity contribution is 5.77. The zero-order valence-electron chi connectivity index (χ0n) is 12.9. The summed E-state index contributed by atoms with van der Waals surface area (Å²) in [6, 6.07) is 12.7. The summed E-state index contributed by atoms with van der Waals surface area (Å²) in [5.41, 5.74) is 0. The molecule has 120 valence electrons. The molecule has 0 fully saturated rings. The van der Waals surface area contributed by atoms with E-state index in [0.717, 1.165) is 0 Å². The Balaban J connectivity index is 1.98. The van der Waals surface area contributed by atoms with Crippen LogP contribution < -0.4 is 9.47 Å².